The Labute approximate surface area is 292 Å². The quantitative estimate of drug-likeness (QED) is 0.108. The summed E-state index contributed by atoms with van der Waals surface area (Å²) in [6, 6.07) is -4.78. The molecule has 1 saturated heterocycles. The summed E-state index contributed by atoms with van der Waals surface area (Å²) >= 11 is 0. The minimum Gasteiger partial charge on any atom is -0.460 e. The Morgan fingerprint density at radius 2 is 1.43 bits per heavy atom. The maximum absolute atomic E-state index is 14.0. The van der Waals surface area contributed by atoms with Gasteiger partial charge in [-0.15, -0.1) is 0 Å². The van der Waals surface area contributed by atoms with Crippen molar-refractivity contribution in [2.45, 2.75) is 142 Å². The summed E-state index contributed by atoms with van der Waals surface area (Å²) < 4.78 is 5.79. The van der Waals surface area contributed by atoms with E-state index in [2.05, 4.69) is 28.2 Å². The number of aliphatic hydroxyl groups is 1. The van der Waals surface area contributed by atoms with Gasteiger partial charge in [-0.3, -0.25) is 28.8 Å². The third-order valence-corrected chi connectivity index (χ3v) is 9.27. The highest BCUT2D eigenvalue weighted by Gasteiger charge is 2.38. The molecule has 5 amide bonds. The van der Waals surface area contributed by atoms with E-state index in [0.717, 1.165) is 25.7 Å². The van der Waals surface area contributed by atoms with Gasteiger partial charge in [0.25, 0.3) is 0 Å². The molecule has 0 aliphatic carbocycles. The zero-order chi connectivity index (χ0) is 37.1. The second-order valence-electron chi connectivity index (χ2n) is 13.8. The number of aliphatic hydroxyl groups excluding tert-OH is 1. The average Bonchev–Trinajstić information content (AvgIpc) is 3.08. The number of carbonyl (C=O) groups excluding carboxylic acids is 6. The van der Waals surface area contributed by atoms with E-state index in [1.165, 1.54) is 31.2 Å². The average molecular weight is 697 g/mol. The Morgan fingerprint density at radius 3 is 1.98 bits per heavy atom. The first-order valence-electron chi connectivity index (χ1n) is 18.2. The molecule has 14 nitrogen and oxygen atoms in total. The first kappa shape index (κ1) is 43.8. The summed E-state index contributed by atoms with van der Waals surface area (Å²) in [6.45, 7) is 9.62. The zero-order valence-corrected chi connectivity index (χ0v) is 30.8. The van der Waals surface area contributed by atoms with Gasteiger partial charge in [0.15, 0.2) is 0 Å². The summed E-state index contributed by atoms with van der Waals surface area (Å²) in [6.07, 6.45) is 8.88. The lowest BCUT2D eigenvalue weighted by Gasteiger charge is -2.34. The number of hydrogen-bond donors (Lipinski definition) is 6. The van der Waals surface area contributed by atoms with E-state index < -0.39 is 84.8 Å². The van der Waals surface area contributed by atoms with E-state index in [4.69, 9.17) is 10.5 Å². The zero-order valence-electron chi connectivity index (χ0n) is 30.8. The second-order valence-corrected chi connectivity index (χ2v) is 13.8. The molecule has 1 unspecified atom stereocenters. The standard InChI is InChI=1S/C35H64N6O8/c1-8-10-11-12-13-14-15-16-17-28-24(6)35(48)41(7)27(18-22(3)4)33(46)40-30(23(5)9-2)34(47)39-26(21-42)32(45)38-25(19-36)31(44)37-20-29(43)49-28/h22-28,30,42H,8-21,36H2,1-7H3,(H,37,44)(H,38,45)(H,39,47)(H,40,46)/t23?,24-,25+,26+,27+,28-,30+/m1/s1. The monoisotopic (exact) mass is 696 g/mol. The van der Waals surface area contributed by atoms with Crippen LogP contribution in [0.1, 0.15) is 112 Å². The van der Waals surface area contributed by atoms with Crippen LogP contribution in [0.15, 0.2) is 0 Å². The topological polar surface area (TPSA) is 209 Å². The van der Waals surface area contributed by atoms with Crippen LogP contribution in [-0.2, 0) is 33.5 Å². The van der Waals surface area contributed by atoms with Crippen molar-refractivity contribution in [3.63, 3.8) is 0 Å². The molecule has 282 valence electrons. The molecule has 1 fully saturated rings. The van der Waals surface area contributed by atoms with Crippen LogP contribution in [0.5, 0.6) is 0 Å². The van der Waals surface area contributed by atoms with E-state index in [0.29, 0.717) is 25.7 Å². The molecule has 0 spiro atoms. The van der Waals surface area contributed by atoms with Crippen molar-refractivity contribution in [1.82, 2.24) is 26.2 Å². The smallest absolute Gasteiger partial charge is 0.325 e. The number of nitrogens with zero attached hydrogens (tertiary/aromatic N) is 1. The number of cyclic esters (lactones) is 1. The molecule has 0 bridgehead atoms. The van der Waals surface area contributed by atoms with E-state index in [9.17, 15) is 33.9 Å². The number of likely N-dealkylation sites (N-methyl/N-ethyl adjacent to an activating group) is 1. The van der Waals surface area contributed by atoms with Crippen LogP contribution in [-0.4, -0.2) is 103 Å². The minimum atomic E-state index is -1.46. The van der Waals surface area contributed by atoms with Crippen molar-refractivity contribution in [3.05, 3.63) is 0 Å². The van der Waals surface area contributed by atoms with Gasteiger partial charge in [0.1, 0.15) is 36.8 Å². The van der Waals surface area contributed by atoms with Crippen molar-refractivity contribution in [2.24, 2.45) is 23.5 Å². The molecule has 14 heteroatoms. The minimum absolute atomic E-state index is 0.00584. The van der Waals surface area contributed by atoms with E-state index >= 15 is 0 Å². The van der Waals surface area contributed by atoms with Gasteiger partial charge in [0.05, 0.1) is 12.5 Å². The molecule has 1 aliphatic rings. The van der Waals surface area contributed by atoms with Crippen molar-refractivity contribution >= 4 is 35.5 Å². The summed E-state index contributed by atoms with van der Waals surface area (Å²) in [4.78, 5) is 81.6. The SMILES string of the molecule is CCCCCCCCCC[C@H]1OC(=O)CNC(=O)[C@H](CN)NC(=O)[C@H](CO)NC(=O)[C@H](C(C)CC)NC(=O)[C@H](CC(C)C)N(C)C(=O)[C@@H]1C. The molecule has 0 aromatic rings. The van der Waals surface area contributed by atoms with E-state index in [1.54, 1.807) is 13.8 Å². The van der Waals surface area contributed by atoms with Gasteiger partial charge in [-0.2, -0.15) is 0 Å². The van der Waals surface area contributed by atoms with Crippen LogP contribution in [0, 0.1) is 17.8 Å². The summed E-state index contributed by atoms with van der Waals surface area (Å²) in [5, 5.41) is 20.0. The first-order valence-corrected chi connectivity index (χ1v) is 18.2. The fourth-order valence-corrected chi connectivity index (χ4v) is 5.82. The van der Waals surface area contributed by atoms with Crippen molar-refractivity contribution < 1.29 is 38.6 Å². The fraction of sp³-hybridized carbons (Fsp3) is 0.829. The van der Waals surface area contributed by atoms with Crippen LogP contribution in [0.2, 0.25) is 0 Å². The summed E-state index contributed by atoms with van der Waals surface area (Å²) in [5.74, 6) is -5.25. The highest BCUT2D eigenvalue weighted by Crippen LogP contribution is 2.22. The van der Waals surface area contributed by atoms with E-state index in [-0.39, 0.29) is 18.4 Å². The molecule has 1 aliphatic heterocycles. The number of rotatable bonds is 15. The van der Waals surface area contributed by atoms with E-state index in [1.807, 2.05) is 20.8 Å². The largest absolute Gasteiger partial charge is 0.460 e. The van der Waals surface area contributed by atoms with Crippen LogP contribution in [0.25, 0.3) is 0 Å². The Bertz CT molecular complexity index is 1070. The number of carbonyl (C=O) groups is 6. The molecule has 1 heterocycles. The van der Waals surface area contributed by atoms with Gasteiger partial charge in [-0.25, -0.2) is 0 Å². The predicted octanol–water partition coefficient (Wildman–Crippen LogP) is 1.52. The number of nitrogens with one attached hydrogen (secondary N) is 4. The number of esters is 1. The normalized spacial score (nSPS) is 26.1. The highest BCUT2D eigenvalue weighted by molar-refractivity contribution is 5.96. The summed E-state index contributed by atoms with van der Waals surface area (Å²) in [5.41, 5.74) is 5.74. The first-order chi connectivity index (χ1) is 23.2. The van der Waals surface area contributed by atoms with Crippen LogP contribution < -0.4 is 27.0 Å². The van der Waals surface area contributed by atoms with Crippen LogP contribution in [0.3, 0.4) is 0 Å². The fourth-order valence-electron chi connectivity index (χ4n) is 5.82. The number of nitrogens with two attached hydrogens (primary N) is 1. The molecule has 1 rings (SSSR count). The molecular formula is C35H64N6O8. The molecule has 49 heavy (non-hydrogen) atoms. The molecule has 0 aromatic heterocycles. The second kappa shape index (κ2) is 23.2. The number of unbranched alkanes of at least 4 members (excludes halogenated alkanes) is 7. The number of ether oxygens (including phenoxy) is 1. The lowest BCUT2D eigenvalue weighted by Crippen LogP contribution is -2.61. The molecule has 7 N–H and O–H groups in total. The van der Waals surface area contributed by atoms with Crippen LogP contribution in [0.4, 0.5) is 0 Å². The molecule has 0 radical (unpaired) electrons. The highest BCUT2D eigenvalue weighted by atomic mass is 16.5. The van der Waals surface area contributed by atoms with Crippen molar-refractivity contribution in [1.29, 1.82) is 0 Å². The summed E-state index contributed by atoms with van der Waals surface area (Å²) in [7, 11) is 1.53. The van der Waals surface area contributed by atoms with Gasteiger partial charge < -0.3 is 41.7 Å². The van der Waals surface area contributed by atoms with Crippen LogP contribution >= 0.6 is 0 Å². The predicted molar refractivity (Wildman–Crippen MR) is 187 cm³/mol. The lowest BCUT2D eigenvalue weighted by atomic mass is 9.94. The number of amides is 5. The maximum atomic E-state index is 14.0. The third-order valence-electron chi connectivity index (χ3n) is 9.27. The van der Waals surface area contributed by atoms with Gasteiger partial charge in [0, 0.05) is 13.6 Å². The maximum Gasteiger partial charge on any atom is 0.325 e. The Balaban J connectivity index is 3.46. The Hall–Kier alpha value is -3.26. The third kappa shape index (κ3) is 15.0. The van der Waals surface area contributed by atoms with Gasteiger partial charge in [0.2, 0.25) is 29.5 Å². The molecule has 7 atom stereocenters. The van der Waals surface area contributed by atoms with Gasteiger partial charge >= 0.3 is 5.97 Å². The van der Waals surface area contributed by atoms with Crippen molar-refractivity contribution in [3.8, 4) is 0 Å². The molecular weight excluding hydrogens is 632 g/mol. The number of hydrogen-bond acceptors (Lipinski definition) is 9. The van der Waals surface area contributed by atoms with Crippen molar-refractivity contribution in [2.75, 3.05) is 26.7 Å². The lowest BCUT2D eigenvalue weighted by molar-refractivity contribution is -0.157. The Kier molecular flexibility index (Phi) is 20.7. The van der Waals surface area contributed by atoms with Gasteiger partial charge in [-0.05, 0) is 31.1 Å². The Morgan fingerprint density at radius 1 is 0.837 bits per heavy atom. The molecule has 0 aromatic carbocycles. The molecule has 0 saturated carbocycles. The van der Waals surface area contributed by atoms with Gasteiger partial charge in [-0.1, -0.05) is 92.9 Å².